The average molecular weight is 345 g/mol. The van der Waals surface area contributed by atoms with Crippen molar-refractivity contribution in [1.29, 1.82) is 0 Å². The van der Waals surface area contributed by atoms with Gasteiger partial charge in [-0.1, -0.05) is 57.3 Å². The maximum atomic E-state index is 6.09. The minimum Gasteiger partial charge on any atom is -0.309 e. The Hall–Kier alpha value is -0.540. The second-order valence-electron chi connectivity index (χ2n) is 3.93. The van der Waals surface area contributed by atoms with Gasteiger partial charge in [-0.15, -0.1) is 0 Å². The molecule has 0 atom stereocenters. The van der Waals surface area contributed by atoms with Gasteiger partial charge in [-0.05, 0) is 35.4 Å². The third kappa shape index (κ3) is 3.72. The van der Waals surface area contributed by atoms with Crippen LogP contribution in [0.5, 0.6) is 0 Å². The summed E-state index contributed by atoms with van der Waals surface area (Å²) in [7, 11) is 0. The molecule has 0 aromatic heterocycles. The van der Waals surface area contributed by atoms with Crippen molar-refractivity contribution in [2.75, 3.05) is 0 Å². The maximum absolute atomic E-state index is 6.09. The molecule has 18 heavy (non-hydrogen) atoms. The second kappa shape index (κ2) is 6.58. The minimum atomic E-state index is 0.735. The fourth-order valence-electron chi connectivity index (χ4n) is 1.65. The summed E-state index contributed by atoms with van der Waals surface area (Å²) in [5.41, 5.74) is 2.23. The zero-order chi connectivity index (χ0) is 13.0. The third-order valence-corrected chi connectivity index (χ3v) is 3.97. The van der Waals surface area contributed by atoms with Crippen molar-refractivity contribution in [3.8, 4) is 0 Å². The molecule has 1 nitrogen and oxygen atoms in total. The van der Waals surface area contributed by atoms with Crippen LogP contribution in [0, 0.1) is 0 Å². The van der Waals surface area contributed by atoms with E-state index < -0.39 is 0 Å². The van der Waals surface area contributed by atoms with Gasteiger partial charge < -0.3 is 5.32 Å². The molecule has 0 bridgehead atoms. The quantitative estimate of drug-likeness (QED) is 0.818. The maximum Gasteiger partial charge on any atom is 0.0450 e. The first-order valence-corrected chi connectivity index (χ1v) is 7.10. The number of benzene rings is 2. The molecular weight excluding hydrogens is 333 g/mol. The fourth-order valence-corrected chi connectivity index (χ4v) is 2.44. The highest BCUT2D eigenvalue weighted by Gasteiger charge is 2.02. The van der Waals surface area contributed by atoms with E-state index in [-0.39, 0.29) is 0 Å². The van der Waals surface area contributed by atoms with Gasteiger partial charge in [-0.2, -0.15) is 0 Å². The minimum absolute atomic E-state index is 0.735. The number of nitrogens with one attached hydrogen (secondary N) is 1. The lowest BCUT2D eigenvalue weighted by Gasteiger charge is -2.08. The van der Waals surface area contributed by atoms with Gasteiger partial charge in [-0.25, -0.2) is 0 Å². The SMILES string of the molecule is Clc1ccc(Br)c(CNCc2ccccc2Cl)c1. The van der Waals surface area contributed by atoms with Crippen LogP contribution in [0.2, 0.25) is 10.0 Å². The van der Waals surface area contributed by atoms with Gasteiger partial charge in [0.15, 0.2) is 0 Å². The molecule has 94 valence electrons. The molecule has 0 heterocycles. The first-order chi connectivity index (χ1) is 8.66. The van der Waals surface area contributed by atoms with Crippen molar-refractivity contribution in [1.82, 2.24) is 5.32 Å². The van der Waals surface area contributed by atoms with Crippen molar-refractivity contribution in [2.24, 2.45) is 0 Å². The summed E-state index contributed by atoms with van der Waals surface area (Å²) in [4.78, 5) is 0. The highest BCUT2D eigenvalue weighted by Crippen LogP contribution is 2.21. The van der Waals surface area contributed by atoms with Crippen LogP contribution in [0.3, 0.4) is 0 Å². The first kappa shape index (κ1) is 13.9. The number of hydrogen-bond acceptors (Lipinski definition) is 1. The lowest BCUT2D eigenvalue weighted by molar-refractivity contribution is 0.692. The Balaban J connectivity index is 1.96. The Kier molecular flexibility index (Phi) is 5.07. The highest BCUT2D eigenvalue weighted by atomic mass is 79.9. The zero-order valence-corrected chi connectivity index (χ0v) is 12.7. The van der Waals surface area contributed by atoms with Gasteiger partial charge in [0, 0.05) is 27.6 Å². The third-order valence-electron chi connectivity index (χ3n) is 2.60. The molecule has 4 heteroatoms. The predicted octanol–water partition coefficient (Wildman–Crippen LogP) is 5.05. The molecule has 0 aliphatic heterocycles. The number of rotatable bonds is 4. The molecule has 1 N–H and O–H groups in total. The monoisotopic (exact) mass is 343 g/mol. The molecule has 0 amide bonds. The van der Waals surface area contributed by atoms with Gasteiger partial charge in [0.1, 0.15) is 0 Å². The van der Waals surface area contributed by atoms with Crippen LogP contribution in [0.4, 0.5) is 0 Å². The van der Waals surface area contributed by atoms with Crippen molar-refractivity contribution < 1.29 is 0 Å². The van der Waals surface area contributed by atoms with Crippen LogP contribution in [0.15, 0.2) is 46.9 Å². The van der Waals surface area contributed by atoms with E-state index >= 15 is 0 Å². The summed E-state index contributed by atoms with van der Waals surface area (Å²) < 4.78 is 1.05. The second-order valence-corrected chi connectivity index (χ2v) is 5.63. The van der Waals surface area contributed by atoms with Crippen LogP contribution in [0.25, 0.3) is 0 Å². The summed E-state index contributed by atoms with van der Waals surface area (Å²) in [6.45, 7) is 1.48. The van der Waals surface area contributed by atoms with Gasteiger partial charge in [0.25, 0.3) is 0 Å². The average Bonchev–Trinajstić information content (AvgIpc) is 2.36. The number of hydrogen-bond donors (Lipinski definition) is 1. The van der Waals surface area contributed by atoms with E-state index in [0.717, 1.165) is 38.7 Å². The van der Waals surface area contributed by atoms with Gasteiger partial charge in [-0.3, -0.25) is 0 Å². The Morgan fingerprint density at radius 1 is 0.944 bits per heavy atom. The van der Waals surface area contributed by atoms with E-state index in [9.17, 15) is 0 Å². The molecule has 0 aliphatic rings. The fraction of sp³-hybridized carbons (Fsp3) is 0.143. The Morgan fingerprint density at radius 2 is 1.67 bits per heavy atom. The van der Waals surface area contributed by atoms with Crippen LogP contribution in [0.1, 0.15) is 11.1 Å². The van der Waals surface area contributed by atoms with Crippen LogP contribution in [-0.4, -0.2) is 0 Å². The van der Waals surface area contributed by atoms with E-state index in [0.29, 0.717) is 0 Å². The van der Waals surface area contributed by atoms with Crippen LogP contribution >= 0.6 is 39.1 Å². The Labute approximate surface area is 125 Å². The normalized spacial score (nSPS) is 10.6. The Morgan fingerprint density at radius 3 is 2.44 bits per heavy atom. The molecule has 0 spiro atoms. The smallest absolute Gasteiger partial charge is 0.0450 e. The molecule has 0 unspecified atom stereocenters. The summed E-state index contributed by atoms with van der Waals surface area (Å²) in [5.74, 6) is 0. The van der Waals surface area contributed by atoms with Crippen molar-refractivity contribution in [3.63, 3.8) is 0 Å². The molecule has 0 saturated carbocycles. The first-order valence-electron chi connectivity index (χ1n) is 5.55. The Bertz CT molecular complexity index is 543. The molecule has 2 aromatic carbocycles. The van der Waals surface area contributed by atoms with Crippen molar-refractivity contribution >= 4 is 39.1 Å². The van der Waals surface area contributed by atoms with Gasteiger partial charge in [0.05, 0.1) is 0 Å². The van der Waals surface area contributed by atoms with Gasteiger partial charge in [0.2, 0.25) is 0 Å². The molecule has 0 radical (unpaired) electrons. The highest BCUT2D eigenvalue weighted by molar-refractivity contribution is 9.10. The van der Waals surface area contributed by atoms with Crippen molar-refractivity contribution in [3.05, 3.63) is 68.1 Å². The topological polar surface area (TPSA) is 12.0 Å². The molecular formula is C14H12BrCl2N. The molecule has 0 aliphatic carbocycles. The predicted molar refractivity (Wildman–Crippen MR) is 81.1 cm³/mol. The molecule has 2 rings (SSSR count). The standard InChI is InChI=1S/C14H12BrCl2N/c15-13-6-5-12(16)7-11(13)9-18-8-10-3-1-2-4-14(10)17/h1-7,18H,8-9H2. The lowest BCUT2D eigenvalue weighted by Crippen LogP contribution is -2.13. The summed E-state index contributed by atoms with van der Waals surface area (Å²) in [6, 6.07) is 13.6. The van der Waals surface area contributed by atoms with E-state index in [1.807, 2.05) is 42.5 Å². The van der Waals surface area contributed by atoms with E-state index in [2.05, 4.69) is 21.2 Å². The number of halogens is 3. The zero-order valence-electron chi connectivity index (χ0n) is 9.59. The molecule has 0 saturated heterocycles. The van der Waals surface area contributed by atoms with E-state index in [1.165, 1.54) is 0 Å². The summed E-state index contributed by atoms with van der Waals surface area (Å²) in [6.07, 6.45) is 0. The largest absolute Gasteiger partial charge is 0.309 e. The van der Waals surface area contributed by atoms with E-state index in [1.54, 1.807) is 0 Å². The van der Waals surface area contributed by atoms with Crippen molar-refractivity contribution in [2.45, 2.75) is 13.1 Å². The van der Waals surface area contributed by atoms with Crippen LogP contribution < -0.4 is 5.32 Å². The van der Waals surface area contributed by atoms with E-state index in [4.69, 9.17) is 23.2 Å². The molecule has 2 aromatic rings. The lowest BCUT2D eigenvalue weighted by atomic mass is 10.2. The summed E-state index contributed by atoms with van der Waals surface area (Å²) in [5, 5.41) is 4.88. The summed E-state index contributed by atoms with van der Waals surface area (Å²) >= 11 is 15.6. The van der Waals surface area contributed by atoms with Crippen LogP contribution in [-0.2, 0) is 13.1 Å². The molecule has 0 fully saturated rings. The van der Waals surface area contributed by atoms with Gasteiger partial charge >= 0.3 is 0 Å².